The van der Waals surface area contributed by atoms with Crippen LogP contribution in [0.25, 0.3) is 5.65 Å². The molecule has 0 amide bonds. The van der Waals surface area contributed by atoms with Crippen molar-refractivity contribution in [1.82, 2.24) is 14.3 Å². The molecule has 1 aliphatic rings. The average molecular weight is 323 g/mol. The summed E-state index contributed by atoms with van der Waals surface area (Å²) < 4.78 is 2.18. The number of rotatable bonds is 2. The number of halogens is 1. The molecule has 0 radical (unpaired) electrons. The van der Waals surface area contributed by atoms with Crippen LogP contribution in [-0.2, 0) is 5.33 Å². The van der Waals surface area contributed by atoms with Gasteiger partial charge in [0, 0.05) is 31.2 Å². The van der Waals surface area contributed by atoms with Crippen molar-refractivity contribution in [3.8, 4) is 0 Å². The van der Waals surface area contributed by atoms with Gasteiger partial charge in [0.1, 0.15) is 5.65 Å². The third-order valence-corrected chi connectivity index (χ3v) is 4.28. The Morgan fingerprint density at radius 1 is 1.21 bits per heavy atom. The lowest BCUT2D eigenvalue weighted by Gasteiger charge is -2.21. The number of fused-ring (bicyclic) bond motifs is 1. The molecule has 0 aromatic carbocycles. The van der Waals surface area contributed by atoms with E-state index in [1.165, 1.54) is 18.7 Å². The summed E-state index contributed by atoms with van der Waals surface area (Å²) in [7, 11) is 2.19. The van der Waals surface area contributed by atoms with Crippen molar-refractivity contribution in [2.75, 3.05) is 38.1 Å². The molecule has 0 saturated carbocycles. The fraction of sp³-hybridized carbons (Fsp3) is 0.500. The van der Waals surface area contributed by atoms with E-state index >= 15 is 0 Å². The Labute approximate surface area is 122 Å². The first kappa shape index (κ1) is 12.9. The maximum absolute atomic E-state index is 4.81. The highest BCUT2D eigenvalue weighted by atomic mass is 79.9. The zero-order valence-electron chi connectivity index (χ0n) is 11.2. The molecular weight excluding hydrogens is 304 g/mol. The molecule has 2 aromatic heterocycles. The van der Waals surface area contributed by atoms with Gasteiger partial charge >= 0.3 is 0 Å². The summed E-state index contributed by atoms with van der Waals surface area (Å²) in [4.78, 5) is 9.63. The lowest BCUT2D eigenvalue weighted by Crippen LogP contribution is -2.29. The highest BCUT2D eigenvalue weighted by molar-refractivity contribution is 9.08. The molecule has 0 bridgehead atoms. The van der Waals surface area contributed by atoms with E-state index in [9.17, 15) is 0 Å². The van der Waals surface area contributed by atoms with Crippen molar-refractivity contribution in [2.24, 2.45) is 0 Å². The van der Waals surface area contributed by atoms with Gasteiger partial charge in [-0.1, -0.05) is 22.0 Å². The van der Waals surface area contributed by atoms with Crippen LogP contribution in [0.1, 0.15) is 12.1 Å². The number of alkyl halides is 1. The Bertz CT molecular complexity index is 566. The normalized spacial score (nSPS) is 17.9. The SMILES string of the molecule is CN1CCCN(c2nc3ccccn3c2CBr)CC1. The van der Waals surface area contributed by atoms with Gasteiger partial charge in [0.15, 0.2) is 5.82 Å². The molecule has 1 saturated heterocycles. The molecule has 1 aliphatic heterocycles. The quantitative estimate of drug-likeness (QED) is 0.793. The number of imidazole rings is 1. The summed E-state index contributed by atoms with van der Waals surface area (Å²) in [5.74, 6) is 1.14. The Morgan fingerprint density at radius 3 is 2.95 bits per heavy atom. The summed E-state index contributed by atoms with van der Waals surface area (Å²) in [6, 6.07) is 6.17. The number of anilines is 1. The van der Waals surface area contributed by atoms with Gasteiger partial charge in [-0.05, 0) is 32.1 Å². The zero-order chi connectivity index (χ0) is 13.2. The standard InChI is InChI=1S/C14H19BrN4/c1-17-6-4-7-18(10-9-17)14-12(11-15)19-8-3-2-5-13(19)16-14/h2-3,5,8H,4,6-7,9-11H2,1H3. The topological polar surface area (TPSA) is 23.8 Å². The summed E-state index contributed by atoms with van der Waals surface area (Å²) in [5, 5.41) is 0.833. The van der Waals surface area contributed by atoms with E-state index in [0.29, 0.717) is 0 Å². The van der Waals surface area contributed by atoms with Crippen LogP contribution in [0, 0.1) is 0 Å². The highest BCUT2D eigenvalue weighted by Gasteiger charge is 2.19. The van der Waals surface area contributed by atoms with Crippen LogP contribution in [0.4, 0.5) is 5.82 Å². The van der Waals surface area contributed by atoms with Gasteiger partial charge in [-0.2, -0.15) is 0 Å². The van der Waals surface area contributed by atoms with Crippen molar-refractivity contribution in [1.29, 1.82) is 0 Å². The van der Waals surface area contributed by atoms with Crippen LogP contribution in [-0.4, -0.2) is 47.5 Å². The van der Waals surface area contributed by atoms with Gasteiger partial charge in [0.25, 0.3) is 0 Å². The number of hydrogen-bond donors (Lipinski definition) is 0. The van der Waals surface area contributed by atoms with Crippen LogP contribution < -0.4 is 4.90 Å². The predicted octanol–water partition coefficient (Wildman–Crippen LogP) is 2.37. The van der Waals surface area contributed by atoms with Gasteiger partial charge in [0.2, 0.25) is 0 Å². The Hall–Kier alpha value is -1.07. The van der Waals surface area contributed by atoms with Crippen LogP contribution in [0.2, 0.25) is 0 Å². The monoisotopic (exact) mass is 322 g/mol. The summed E-state index contributed by atoms with van der Waals surface area (Å²) >= 11 is 3.61. The van der Waals surface area contributed by atoms with E-state index in [1.54, 1.807) is 0 Å². The molecule has 3 rings (SSSR count). The molecule has 5 heteroatoms. The molecule has 0 N–H and O–H groups in total. The van der Waals surface area contributed by atoms with E-state index in [0.717, 1.165) is 36.4 Å². The molecule has 0 unspecified atom stereocenters. The van der Waals surface area contributed by atoms with Crippen LogP contribution in [0.5, 0.6) is 0 Å². The number of hydrogen-bond acceptors (Lipinski definition) is 3. The minimum atomic E-state index is 0.833. The second-order valence-electron chi connectivity index (χ2n) is 5.09. The first-order valence-corrected chi connectivity index (χ1v) is 7.87. The highest BCUT2D eigenvalue weighted by Crippen LogP contribution is 2.24. The average Bonchev–Trinajstić information content (AvgIpc) is 2.67. The summed E-state index contributed by atoms with van der Waals surface area (Å²) in [6.07, 6.45) is 3.29. The molecule has 0 spiro atoms. The number of likely N-dealkylation sites (N-methyl/N-ethyl adjacent to an activating group) is 1. The van der Waals surface area contributed by atoms with E-state index in [2.05, 4.69) is 55.5 Å². The van der Waals surface area contributed by atoms with E-state index in [4.69, 9.17) is 4.98 Å². The third kappa shape index (κ3) is 2.49. The van der Waals surface area contributed by atoms with Crippen molar-refractivity contribution in [3.05, 3.63) is 30.1 Å². The van der Waals surface area contributed by atoms with Crippen LogP contribution in [0.3, 0.4) is 0 Å². The minimum Gasteiger partial charge on any atom is -0.354 e. The molecule has 102 valence electrons. The van der Waals surface area contributed by atoms with Gasteiger partial charge in [-0.15, -0.1) is 0 Å². The summed E-state index contributed by atoms with van der Waals surface area (Å²) in [5.41, 5.74) is 2.28. The molecule has 4 nitrogen and oxygen atoms in total. The second kappa shape index (κ2) is 5.51. The fourth-order valence-electron chi connectivity index (χ4n) is 2.67. The molecular formula is C14H19BrN4. The number of pyridine rings is 1. The molecule has 1 fully saturated rings. The van der Waals surface area contributed by atoms with Crippen molar-refractivity contribution in [3.63, 3.8) is 0 Å². The van der Waals surface area contributed by atoms with Crippen LogP contribution >= 0.6 is 15.9 Å². The molecule has 0 atom stereocenters. The third-order valence-electron chi connectivity index (χ3n) is 3.75. The lowest BCUT2D eigenvalue weighted by atomic mass is 10.3. The Morgan fingerprint density at radius 2 is 2.11 bits per heavy atom. The molecule has 19 heavy (non-hydrogen) atoms. The van der Waals surface area contributed by atoms with Crippen molar-refractivity contribution < 1.29 is 0 Å². The smallest absolute Gasteiger partial charge is 0.152 e. The minimum absolute atomic E-state index is 0.833. The first-order valence-electron chi connectivity index (χ1n) is 6.75. The van der Waals surface area contributed by atoms with E-state index < -0.39 is 0 Å². The largest absolute Gasteiger partial charge is 0.354 e. The second-order valence-corrected chi connectivity index (χ2v) is 5.65. The van der Waals surface area contributed by atoms with Crippen molar-refractivity contribution >= 4 is 27.4 Å². The maximum Gasteiger partial charge on any atom is 0.152 e. The zero-order valence-corrected chi connectivity index (χ0v) is 12.8. The Balaban J connectivity index is 1.99. The predicted molar refractivity (Wildman–Crippen MR) is 82.2 cm³/mol. The van der Waals surface area contributed by atoms with Gasteiger partial charge in [-0.25, -0.2) is 4.98 Å². The van der Waals surface area contributed by atoms with Gasteiger partial charge in [-0.3, -0.25) is 0 Å². The first-order chi connectivity index (χ1) is 9.29. The summed E-state index contributed by atoms with van der Waals surface area (Å²) in [6.45, 7) is 4.43. The van der Waals surface area contributed by atoms with E-state index in [1.807, 2.05) is 6.07 Å². The van der Waals surface area contributed by atoms with Gasteiger partial charge < -0.3 is 14.2 Å². The van der Waals surface area contributed by atoms with Crippen LogP contribution in [0.15, 0.2) is 24.4 Å². The fourth-order valence-corrected chi connectivity index (χ4v) is 3.19. The van der Waals surface area contributed by atoms with Gasteiger partial charge in [0.05, 0.1) is 5.69 Å². The number of nitrogens with zero attached hydrogens (tertiary/aromatic N) is 4. The molecule has 2 aromatic rings. The van der Waals surface area contributed by atoms with E-state index in [-0.39, 0.29) is 0 Å². The lowest BCUT2D eigenvalue weighted by molar-refractivity contribution is 0.360. The molecule has 0 aliphatic carbocycles. The van der Waals surface area contributed by atoms with Crippen molar-refractivity contribution in [2.45, 2.75) is 11.8 Å². The molecule has 3 heterocycles. The maximum atomic E-state index is 4.81. The Kier molecular flexibility index (Phi) is 3.75. The number of aromatic nitrogens is 2.